The summed E-state index contributed by atoms with van der Waals surface area (Å²) in [7, 11) is -3.13. The highest BCUT2D eigenvalue weighted by Gasteiger charge is 2.34. The van der Waals surface area contributed by atoms with E-state index in [0.717, 1.165) is 12.1 Å². The Balaban J connectivity index is 2.12. The number of alkyl halides is 3. The third-order valence-corrected chi connectivity index (χ3v) is 5.34. The van der Waals surface area contributed by atoms with Crippen LogP contribution in [-0.4, -0.2) is 49.7 Å². The first kappa shape index (κ1) is 17.6. The fourth-order valence-electron chi connectivity index (χ4n) is 2.55. The fourth-order valence-corrected chi connectivity index (χ4v) is 4.28. The number of ether oxygens (including phenoxy) is 1. The molecule has 2 rings (SSSR count). The molecule has 1 aliphatic heterocycles. The molecule has 1 aromatic carbocycles. The van der Waals surface area contributed by atoms with Crippen LogP contribution >= 0.6 is 0 Å². The van der Waals surface area contributed by atoms with Gasteiger partial charge >= 0.3 is 6.36 Å². The molecule has 23 heavy (non-hydrogen) atoms. The van der Waals surface area contributed by atoms with E-state index in [9.17, 15) is 26.4 Å². The lowest BCUT2D eigenvalue weighted by molar-refractivity contribution is -0.274. The van der Waals surface area contributed by atoms with Gasteiger partial charge in [0.1, 0.15) is 5.75 Å². The number of hydrogen-bond acceptors (Lipinski definition) is 4. The molecule has 0 spiro atoms. The molecule has 0 radical (unpaired) electrons. The first-order valence-electron chi connectivity index (χ1n) is 6.98. The van der Waals surface area contributed by atoms with E-state index in [0.29, 0.717) is 13.0 Å². The second-order valence-electron chi connectivity index (χ2n) is 5.22. The van der Waals surface area contributed by atoms with E-state index in [-0.39, 0.29) is 17.1 Å². The molecule has 1 aromatic rings. The molecular weight excluding hydrogens is 335 g/mol. The first-order chi connectivity index (χ1) is 10.6. The third kappa shape index (κ3) is 4.60. The number of hydrogen-bond donors (Lipinski definition) is 0. The molecule has 1 amide bonds. The van der Waals surface area contributed by atoms with Crippen LogP contribution in [-0.2, 0) is 9.84 Å². The summed E-state index contributed by atoms with van der Waals surface area (Å²) >= 11 is 0. The lowest BCUT2D eigenvalue weighted by Crippen LogP contribution is -2.40. The van der Waals surface area contributed by atoms with E-state index in [1.54, 1.807) is 6.92 Å². The monoisotopic (exact) mass is 351 g/mol. The zero-order chi connectivity index (χ0) is 17.3. The zero-order valence-electron chi connectivity index (χ0n) is 12.3. The number of benzene rings is 1. The van der Waals surface area contributed by atoms with E-state index >= 15 is 0 Å². The molecule has 9 heteroatoms. The highest BCUT2D eigenvalue weighted by molar-refractivity contribution is 7.91. The predicted octanol–water partition coefficient (Wildman–Crippen LogP) is 2.23. The summed E-state index contributed by atoms with van der Waals surface area (Å²) in [6.07, 6.45) is -4.42. The number of halogens is 3. The maximum absolute atomic E-state index is 12.4. The predicted molar refractivity (Wildman–Crippen MR) is 76.9 cm³/mol. The largest absolute Gasteiger partial charge is 0.573 e. The molecule has 0 saturated carbocycles. The van der Waals surface area contributed by atoms with Gasteiger partial charge < -0.3 is 9.64 Å². The smallest absolute Gasteiger partial charge is 0.406 e. The summed E-state index contributed by atoms with van der Waals surface area (Å²) in [5, 5.41) is 0. The quantitative estimate of drug-likeness (QED) is 0.835. The Morgan fingerprint density at radius 1 is 1.30 bits per heavy atom. The summed E-state index contributed by atoms with van der Waals surface area (Å²) in [5.74, 6) is -0.865. The van der Waals surface area contributed by atoms with Crippen LogP contribution in [0, 0.1) is 0 Å². The van der Waals surface area contributed by atoms with Gasteiger partial charge in [-0.1, -0.05) is 0 Å². The van der Waals surface area contributed by atoms with Crippen LogP contribution in [0.5, 0.6) is 5.75 Å². The second-order valence-corrected chi connectivity index (χ2v) is 7.45. The van der Waals surface area contributed by atoms with Crippen molar-refractivity contribution in [1.82, 2.24) is 4.90 Å². The number of nitrogens with zero attached hydrogens (tertiary/aromatic N) is 1. The number of carbonyl (C=O) groups excluding carboxylic acids is 1. The van der Waals surface area contributed by atoms with Crippen molar-refractivity contribution < 1.29 is 31.1 Å². The van der Waals surface area contributed by atoms with Crippen molar-refractivity contribution in [2.75, 3.05) is 18.1 Å². The second kappa shape index (κ2) is 6.38. The molecule has 0 bridgehead atoms. The van der Waals surface area contributed by atoms with Gasteiger partial charge in [0.25, 0.3) is 5.91 Å². The maximum atomic E-state index is 12.4. The Labute approximate surface area is 132 Å². The van der Waals surface area contributed by atoms with E-state index in [1.807, 2.05) is 0 Å². The minimum atomic E-state index is -4.79. The molecule has 5 nitrogen and oxygen atoms in total. The van der Waals surface area contributed by atoms with Gasteiger partial charge in [0.05, 0.1) is 11.5 Å². The molecule has 1 atom stereocenters. The number of rotatable bonds is 4. The van der Waals surface area contributed by atoms with Crippen molar-refractivity contribution >= 4 is 15.7 Å². The minimum Gasteiger partial charge on any atom is -0.406 e. The highest BCUT2D eigenvalue weighted by atomic mass is 32.2. The Bertz CT molecular complexity index is 670. The number of sulfone groups is 1. The van der Waals surface area contributed by atoms with Gasteiger partial charge in [-0.05, 0) is 37.6 Å². The SMILES string of the molecule is CCN(C(=O)c1ccc(OC(F)(F)F)cc1)C1CCS(=O)(=O)C1. The van der Waals surface area contributed by atoms with Gasteiger partial charge in [0.2, 0.25) is 0 Å². The lowest BCUT2D eigenvalue weighted by atomic mass is 10.1. The van der Waals surface area contributed by atoms with Crippen molar-refractivity contribution in [3.05, 3.63) is 29.8 Å². The Kier molecular flexibility index (Phi) is 4.88. The molecule has 1 unspecified atom stereocenters. The average Bonchev–Trinajstić information content (AvgIpc) is 2.78. The van der Waals surface area contributed by atoms with Crippen LogP contribution < -0.4 is 4.74 Å². The Hall–Kier alpha value is -1.77. The molecule has 0 N–H and O–H groups in total. The standard InChI is InChI=1S/C14H16F3NO4S/c1-2-18(11-7-8-23(20,21)9-11)13(19)10-3-5-12(6-4-10)22-14(15,16)17/h3-6,11H,2,7-9H2,1H3. The topological polar surface area (TPSA) is 63.7 Å². The molecule has 1 saturated heterocycles. The van der Waals surface area contributed by atoms with Gasteiger partial charge in [-0.3, -0.25) is 4.79 Å². The zero-order valence-corrected chi connectivity index (χ0v) is 13.2. The number of carbonyl (C=O) groups is 1. The van der Waals surface area contributed by atoms with Crippen LogP contribution in [0.3, 0.4) is 0 Å². The van der Waals surface area contributed by atoms with Gasteiger partial charge in [0.15, 0.2) is 9.84 Å². The lowest BCUT2D eigenvalue weighted by Gasteiger charge is -2.27. The average molecular weight is 351 g/mol. The van der Waals surface area contributed by atoms with Crippen LogP contribution in [0.1, 0.15) is 23.7 Å². The molecular formula is C14H16F3NO4S. The first-order valence-corrected chi connectivity index (χ1v) is 8.80. The van der Waals surface area contributed by atoms with Crippen LogP contribution in [0.2, 0.25) is 0 Å². The molecule has 0 aromatic heterocycles. The molecule has 1 heterocycles. The van der Waals surface area contributed by atoms with Gasteiger partial charge in [-0.2, -0.15) is 0 Å². The summed E-state index contributed by atoms with van der Waals surface area (Å²) in [6.45, 7) is 2.05. The van der Waals surface area contributed by atoms with Gasteiger partial charge in [0, 0.05) is 18.2 Å². The van der Waals surface area contributed by atoms with Crippen LogP contribution in [0.4, 0.5) is 13.2 Å². The number of amides is 1. The van der Waals surface area contributed by atoms with Crippen LogP contribution in [0.15, 0.2) is 24.3 Å². The fraction of sp³-hybridized carbons (Fsp3) is 0.500. The maximum Gasteiger partial charge on any atom is 0.573 e. The van der Waals surface area contributed by atoms with E-state index in [2.05, 4.69) is 4.74 Å². The summed E-state index contributed by atoms with van der Waals surface area (Å²) in [4.78, 5) is 13.9. The molecule has 0 aliphatic carbocycles. The minimum absolute atomic E-state index is 0.0415. The van der Waals surface area contributed by atoms with Crippen molar-refractivity contribution in [3.63, 3.8) is 0 Å². The summed E-state index contributed by atoms with van der Waals surface area (Å²) in [6, 6.07) is 4.17. The van der Waals surface area contributed by atoms with Gasteiger partial charge in [-0.15, -0.1) is 13.2 Å². The molecule has 128 valence electrons. The van der Waals surface area contributed by atoms with Crippen molar-refractivity contribution in [2.24, 2.45) is 0 Å². The Morgan fingerprint density at radius 2 is 1.91 bits per heavy atom. The summed E-state index contributed by atoms with van der Waals surface area (Å²) in [5.41, 5.74) is 0.186. The van der Waals surface area contributed by atoms with Crippen molar-refractivity contribution in [1.29, 1.82) is 0 Å². The van der Waals surface area contributed by atoms with E-state index in [4.69, 9.17) is 0 Å². The highest BCUT2D eigenvalue weighted by Crippen LogP contribution is 2.24. The van der Waals surface area contributed by atoms with Crippen LogP contribution in [0.25, 0.3) is 0 Å². The molecule has 1 fully saturated rings. The normalized spacial score (nSPS) is 20.3. The third-order valence-electron chi connectivity index (χ3n) is 3.59. The Morgan fingerprint density at radius 3 is 2.35 bits per heavy atom. The molecule has 1 aliphatic rings. The van der Waals surface area contributed by atoms with E-state index < -0.39 is 33.9 Å². The van der Waals surface area contributed by atoms with Crippen molar-refractivity contribution in [3.8, 4) is 5.75 Å². The van der Waals surface area contributed by atoms with Gasteiger partial charge in [-0.25, -0.2) is 8.42 Å². The van der Waals surface area contributed by atoms with Crippen molar-refractivity contribution in [2.45, 2.75) is 25.7 Å². The summed E-state index contributed by atoms with van der Waals surface area (Å²) < 4.78 is 63.1. The van der Waals surface area contributed by atoms with E-state index in [1.165, 1.54) is 17.0 Å².